The van der Waals surface area contributed by atoms with E-state index in [-0.39, 0.29) is 6.10 Å². The molecule has 0 amide bonds. The van der Waals surface area contributed by atoms with Gasteiger partial charge in [-0.05, 0) is 50.4 Å². The molecule has 1 nitrogen and oxygen atoms in total. The van der Waals surface area contributed by atoms with Crippen LogP contribution < -0.4 is 0 Å². The number of hydrogen-bond acceptors (Lipinski definition) is 1. The summed E-state index contributed by atoms with van der Waals surface area (Å²) in [6.45, 7) is 4.10. The Balaban J connectivity index is 2.12. The highest BCUT2D eigenvalue weighted by Crippen LogP contribution is 2.38. The van der Waals surface area contributed by atoms with Crippen molar-refractivity contribution in [3.8, 4) is 0 Å². The van der Waals surface area contributed by atoms with Crippen LogP contribution in [0.4, 0.5) is 0 Å². The van der Waals surface area contributed by atoms with Crippen LogP contribution in [0.3, 0.4) is 0 Å². The van der Waals surface area contributed by atoms with Gasteiger partial charge in [0.25, 0.3) is 0 Å². The third kappa shape index (κ3) is 1.71. The Bertz CT molecular complexity index is 167. The van der Waals surface area contributed by atoms with Gasteiger partial charge in [-0.25, -0.2) is 0 Å². The van der Waals surface area contributed by atoms with Crippen molar-refractivity contribution < 1.29 is 5.11 Å². The maximum atomic E-state index is 9.65. The third-order valence-corrected chi connectivity index (χ3v) is 3.35. The fourth-order valence-corrected chi connectivity index (χ4v) is 2.84. The van der Waals surface area contributed by atoms with Gasteiger partial charge in [-0.1, -0.05) is 12.2 Å². The lowest BCUT2D eigenvalue weighted by Crippen LogP contribution is -2.16. The van der Waals surface area contributed by atoms with E-state index < -0.39 is 0 Å². The Morgan fingerprint density at radius 3 is 2.08 bits per heavy atom. The Morgan fingerprint density at radius 1 is 1.08 bits per heavy atom. The van der Waals surface area contributed by atoms with Gasteiger partial charge in [-0.2, -0.15) is 0 Å². The third-order valence-electron chi connectivity index (χ3n) is 3.35. The first-order chi connectivity index (χ1) is 5.74. The van der Waals surface area contributed by atoms with Gasteiger partial charge in [0.05, 0.1) is 6.10 Å². The maximum Gasteiger partial charge on any atom is 0.0545 e. The average Bonchev–Trinajstić information content (AvgIpc) is 2.18. The molecule has 0 aromatic heterocycles. The Labute approximate surface area is 74.5 Å². The highest BCUT2D eigenvalue weighted by molar-refractivity contribution is 5.02. The van der Waals surface area contributed by atoms with Gasteiger partial charge in [0, 0.05) is 0 Å². The molecule has 1 N–H and O–H groups in total. The molecule has 0 heterocycles. The van der Waals surface area contributed by atoms with Crippen molar-refractivity contribution in [2.24, 2.45) is 11.8 Å². The van der Waals surface area contributed by atoms with Gasteiger partial charge in [0.2, 0.25) is 0 Å². The molecular formula is C11H18O. The molecule has 1 unspecified atom stereocenters. The minimum atomic E-state index is -0.0180. The molecule has 2 fully saturated rings. The largest absolute Gasteiger partial charge is 0.393 e. The predicted octanol–water partition coefficient (Wildman–Crippen LogP) is 2.50. The zero-order valence-corrected chi connectivity index (χ0v) is 7.63. The first kappa shape index (κ1) is 8.31. The summed E-state index contributed by atoms with van der Waals surface area (Å²) >= 11 is 0. The second-order valence-corrected chi connectivity index (χ2v) is 4.59. The van der Waals surface area contributed by atoms with Crippen molar-refractivity contribution in [1.29, 1.82) is 0 Å². The maximum absolute atomic E-state index is 9.65. The zero-order chi connectivity index (χ0) is 8.55. The molecular weight excluding hydrogens is 148 g/mol. The molecule has 0 aliphatic heterocycles. The van der Waals surface area contributed by atoms with Crippen molar-refractivity contribution >= 4 is 0 Å². The number of rotatable bonds is 0. The summed E-state index contributed by atoms with van der Waals surface area (Å²) in [4.78, 5) is 0. The van der Waals surface area contributed by atoms with Crippen molar-refractivity contribution in [1.82, 2.24) is 0 Å². The van der Waals surface area contributed by atoms with Crippen LogP contribution in [0.5, 0.6) is 0 Å². The summed E-state index contributed by atoms with van der Waals surface area (Å²) in [5.41, 5.74) is 1.43. The lowest BCUT2D eigenvalue weighted by atomic mass is 9.88. The number of allylic oxidation sites excluding steroid dienone is 1. The molecule has 12 heavy (non-hydrogen) atoms. The quantitative estimate of drug-likeness (QED) is 0.548. The van der Waals surface area contributed by atoms with Gasteiger partial charge in [-0.3, -0.25) is 0 Å². The van der Waals surface area contributed by atoms with E-state index in [2.05, 4.69) is 6.58 Å². The fraction of sp³-hybridized carbons (Fsp3) is 0.818. The predicted molar refractivity (Wildman–Crippen MR) is 49.8 cm³/mol. The Kier molecular flexibility index (Phi) is 2.22. The summed E-state index contributed by atoms with van der Waals surface area (Å²) in [5.74, 6) is 1.47. The van der Waals surface area contributed by atoms with Gasteiger partial charge in [0.15, 0.2) is 0 Å². The van der Waals surface area contributed by atoms with Crippen LogP contribution in [0.15, 0.2) is 12.2 Å². The van der Waals surface area contributed by atoms with E-state index in [1.165, 1.54) is 31.3 Å². The summed E-state index contributed by atoms with van der Waals surface area (Å²) in [5, 5.41) is 9.65. The van der Waals surface area contributed by atoms with E-state index >= 15 is 0 Å². The molecule has 0 aromatic carbocycles. The summed E-state index contributed by atoms with van der Waals surface area (Å²) in [6.07, 6.45) is 7.02. The van der Waals surface area contributed by atoms with Crippen molar-refractivity contribution in [3.05, 3.63) is 12.2 Å². The van der Waals surface area contributed by atoms with Gasteiger partial charge >= 0.3 is 0 Å². The average molecular weight is 166 g/mol. The second kappa shape index (κ2) is 3.21. The highest BCUT2D eigenvalue weighted by Gasteiger charge is 2.28. The van der Waals surface area contributed by atoms with Crippen LogP contribution in [-0.4, -0.2) is 11.2 Å². The normalized spacial score (nSPS) is 42.4. The topological polar surface area (TPSA) is 20.2 Å². The molecule has 3 atom stereocenters. The highest BCUT2D eigenvalue weighted by atomic mass is 16.3. The molecule has 0 spiro atoms. The standard InChI is InChI=1S/C11H18O/c1-8-4-9-2-3-10(5-8)7-11(12)6-9/h9-12H,1-7H2/t9-,10+,11?. The minimum absolute atomic E-state index is 0.0180. The van der Waals surface area contributed by atoms with E-state index in [4.69, 9.17) is 0 Å². The van der Waals surface area contributed by atoms with Crippen LogP contribution >= 0.6 is 0 Å². The SMILES string of the molecule is C=C1C[C@H]2CC[C@@H](C1)CC(O)C2. The molecule has 0 saturated heterocycles. The summed E-state index contributed by atoms with van der Waals surface area (Å²) in [6, 6.07) is 0. The van der Waals surface area contributed by atoms with Crippen LogP contribution in [0.2, 0.25) is 0 Å². The molecule has 2 bridgehead atoms. The first-order valence-corrected chi connectivity index (χ1v) is 5.08. The smallest absolute Gasteiger partial charge is 0.0545 e. The zero-order valence-electron chi connectivity index (χ0n) is 7.63. The van der Waals surface area contributed by atoms with Crippen LogP contribution in [0.1, 0.15) is 38.5 Å². The fourth-order valence-electron chi connectivity index (χ4n) is 2.84. The van der Waals surface area contributed by atoms with Gasteiger partial charge < -0.3 is 5.11 Å². The monoisotopic (exact) mass is 166 g/mol. The molecule has 2 rings (SSSR count). The first-order valence-electron chi connectivity index (χ1n) is 5.08. The molecule has 68 valence electrons. The van der Waals surface area contributed by atoms with Crippen LogP contribution in [-0.2, 0) is 0 Å². The Morgan fingerprint density at radius 2 is 1.58 bits per heavy atom. The van der Waals surface area contributed by atoms with E-state index in [0.29, 0.717) is 0 Å². The lowest BCUT2D eigenvalue weighted by molar-refractivity contribution is 0.123. The Hall–Kier alpha value is -0.300. The van der Waals surface area contributed by atoms with Crippen LogP contribution in [0.25, 0.3) is 0 Å². The minimum Gasteiger partial charge on any atom is -0.393 e. The van der Waals surface area contributed by atoms with Gasteiger partial charge in [-0.15, -0.1) is 0 Å². The molecule has 1 heteroatoms. The number of aliphatic hydroxyl groups is 1. The summed E-state index contributed by atoms with van der Waals surface area (Å²) in [7, 11) is 0. The van der Waals surface area contributed by atoms with Crippen molar-refractivity contribution in [2.45, 2.75) is 44.6 Å². The number of fused-ring (bicyclic) bond motifs is 3. The van der Waals surface area contributed by atoms with E-state index in [0.717, 1.165) is 24.7 Å². The number of aliphatic hydroxyl groups excluding tert-OH is 1. The molecule has 0 aromatic rings. The van der Waals surface area contributed by atoms with E-state index in [1.807, 2.05) is 0 Å². The molecule has 2 saturated carbocycles. The van der Waals surface area contributed by atoms with E-state index in [1.54, 1.807) is 0 Å². The molecule has 2 aliphatic rings. The molecule has 0 radical (unpaired) electrons. The lowest BCUT2D eigenvalue weighted by Gasteiger charge is -2.21. The number of hydrogen-bond donors (Lipinski definition) is 1. The summed E-state index contributed by atoms with van der Waals surface area (Å²) < 4.78 is 0. The van der Waals surface area contributed by atoms with Gasteiger partial charge in [0.1, 0.15) is 0 Å². The van der Waals surface area contributed by atoms with Crippen molar-refractivity contribution in [2.75, 3.05) is 0 Å². The van der Waals surface area contributed by atoms with Crippen LogP contribution in [0, 0.1) is 11.8 Å². The molecule has 2 aliphatic carbocycles. The van der Waals surface area contributed by atoms with Crippen molar-refractivity contribution in [3.63, 3.8) is 0 Å². The second-order valence-electron chi connectivity index (χ2n) is 4.59. The van der Waals surface area contributed by atoms with E-state index in [9.17, 15) is 5.11 Å².